The summed E-state index contributed by atoms with van der Waals surface area (Å²) < 4.78 is 26.4. The topological polar surface area (TPSA) is 68.5 Å². The first-order valence-electron chi connectivity index (χ1n) is 8.07. The van der Waals surface area contributed by atoms with Gasteiger partial charge in [0, 0.05) is 23.6 Å². The highest BCUT2D eigenvalue weighted by atomic mass is 35.5. The van der Waals surface area contributed by atoms with Crippen molar-refractivity contribution in [3.8, 4) is 0 Å². The van der Waals surface area contributed by atoms with Crippen LogP contribution < -0.4 is 4.80 Å². The fourth-order valence-electron chi connectivity index (χ4n) is 2.58. The number of carbonyl (C=O) groups is 1. The lowest BCUT2D eigenvalue weighted by Gasteiger charge is -2.05. The second-order valence-corrected chi connectivity index (χ2v) is 10.8. The molecule has 1 heterocycles. The van der Waals surface area contributed by atoms with Crippen molar-refractivity contribution in [3.63, 3.8) is 0 Å². The molecule has 3 aromatic rings. The summed E-state index contributed by atoms with van der Waals surface area (Å²) in [6.45, 7) is 0.639. The Hall–Kier alpha value is -1.32. The number of sulfone groups is 1. The predicted octanol–water partition coefficient (Wildman–Crippen LogP) is 4.52. The first kappa shape index (κ1) is 21.4. The van der Waals surface area contributed by atoms with Crippen LogP contribution >= 0.6 is 46.3 Å². The third-order valence-electron chi connectivity index (χ3n) is 3.96. The number of aromatic nitrogens is 1. The Morgan fingerprint density at radius 1 is 1.21 bits per heavy atom. The molecule has 0 spiro atoms. The quantitative estimate of drug-likeness (QED) is 0.544. The van der Waals surface area contributed by atoms with Crippen LogP contribution in [0.1, 0.15) is 10.4 Å². The molecule has 0 aliphatic carbocycles. The van der Waals surface area contributed by atoms with Gasteiger partial charge >= 0.3 is 0 Å². The van der Waals surface area contributed by atoms with E-state index in [1.165, 1.54) is 29.7 Å². The van der Waals surface area contributed by atoms with Gasteiger partial charge in [0.1, 0.15) is 0 Å². The first-order chi connectivity index (χ1) is 13.2. The molecule has 0 aliphatic rings. The molecule has 0 unspecified atom stereocenters. The van der Waals surface area contributed by atoms with Gasteiger partial charge in [-0.1, -0.05) is 34.5 Å². The molecule has 0 bridgehead atoms. The molecule has 0 N–H and O–H groups in total. The number of benzene rings is 2. The highest BCUT2D eigenvalue weighted by molar-refractivity contribution is 7.98. The molecular weight excluding hydrogens is 459 g/mol. The number of hydrogen-bond acceptors (Lipinski definition) is 5. The third-order valence-corrected chi connectivity index (χ3v) is 7.25. The second kappa shape index (κ2) is 8.59. The van der Waals surface area contributed by atoms with E-state index >= 15 is 0 Å². The predicted molar refractivity (Wildman–Crippen MR) is 118 cm³/mol. The Kier molecular flexibility index (Phi) is 6.56. The minimum Gasteiger partial charge on any atom is -0.316 e. The number of halogens is 2. The van der Waals surface area contributed by atoms with Crippen molar-refractivity contribution in [2.24, 2.45) is 4.99 Å². The Morgan fingerprint density at radius 2 is 1.96 bits per heavy atom. The van der Waals surface area contributed by atoms with Crippen molar-refractivity contribution < 1.29 is 13.2 Å². The van der Waals surface area contributed by atoms with Gasteiger partial charge < -0.3 is 4.57 Å². The molecule has 2 aromatic carbocycles. The Balaban J connectivity index is 2.17. The van der Waals surface area contributed by atoms with Crippen molar-refractivity contribution >= 4 is 72.3 Å². The van der Waals surface area contributed by atoms with Gasteiger partial charge in [-0.3, -0.25) is 4.79 Å². The number of carbonyl (C=O) groups excluding carboxylic acids is 1. The summed E-state index contributed by atoms with van der Waals surface area (Å²) in [4.78, 5) is 17.7. The fraction of sp³-hybridized carbons (Fsp3) is 0.222. The molecule has 5 nitrogen and oxygen atoms in total. The number of thioether (sulfide) groups is 1. The lowest BCUT2D eigenvalue weighted by Crippen LogP contribution is -2.18. The van der Waals surface area contributed by atoms with Crippen LogP contribution in [0.5, 0.6) is 0 Å². The molecule has 0 atom stereocenters. The number of hydrogen-bond donors (Lipinski definition) is 0. The summed E-state index contributed by atoms with van der Waals surface area (Å²) in [6, 6.07) is 9.56. The van der Waals surface area contributed by atoms with E-state index in [1.54, 1.807) is 36.0 Å². The van der Waals surface area contributed by atoms with Crippen molar-refractivity contribution in [2.75, 3.05) is 18.3 Å². The minimum absolute atomic E-state index is 0.233. The molecule has 0 saturated heterocycles. The zero-order valence-corrected chi connectivity index (χ0v) is 18.9. The Bertz CT molecular complexity index is 1230. The van der Waals surface area contributed by atoms with Crippen LogP contribution in [0, 0.1) is 0 Å². The van der Waals surface area contributed by atoms with Crippen LogP contribution in [0.4, 0.5) is 0 Å². The maximum atomic E-state index is 12.7. The SMILES string of the molecule is CSCCn1c(=NC(=O)c2ccc(Cl)cc2Cl)sc2cc(S(C)(=O)=O)ccc21. The van der Waals surface area contributed by atoms with Crippen molar-refractivity contribution in [3.05, 3.63) is 56.8 Å². The number of fused-ring (bicyclic) bond motifs is 1. The Morgan fingerprint density at radius 3 is 2.61 bits per heavy atom. The normalized spacial score (nSPS) is 12.6. The highest BCUT2D eigenvalue weighted by Gasteiger charge is 2.14. The van der Waals surface area contributed by atoms with E-state index in [9.17, 15) is 13.2 Å². The molecule has 0 saturated carbocycles. The van der Waals surface area contributed by atoms with E-state index in [-0.39, 0.29) is 15.5 Å². The van der Waals surface area contributed by atoms with E-state index < -0.39 is 15.7 Å². The van der Waals surface area contributed by atoms with Crippen LogP contribution in [0.2, 0.25) is 10.0 Å². The van der Waals surface area contributed by atoms with Gasteiger partial charge in [0.15, 0.2) is 14.6 Å². The lowest BCUT2D eigenvalue weighted by atomic mass is 10.2. The van der Waals surface area contributed by atoms with E-state index in [1.807, 2.05) is 10.8 Å². The number of thiazole rings is 1. The number of aryl methyl sites for hydroxylation is 1. The monoisotopic (exact) mass is 474 g/mol. The van der Waals surface area contributed by atoms with Gasteiger partial charge in [0.05, 0.1) is 25.7 Å². The van der Waals surface area contributed by atoms with Gasteiger partial charge in [-0.25, -0.2) is 8.42 Å². The molecule has 0 fully saturated rings. The molecule has 1 amide bonds. The van der Waals surface area contributed by atoms with Gasteiger partial charge in [-0.2, -0.15) is 16.8 Å². The largest absolute Gasteiger partial charge is 0.316 e. The summed E-state index contributed by atoms with van der Waals surface area (Å²) in [5.74, 6) is 0.345. The van der Waals surface area contributed by atoms with Crippen LogP contribution in [0.3, 0.4) is 0 Å². The van der Waals surface area contributed by atoms with Gasteiger partial charge in [0.2, 0.25) is 0 Å². The van der Waals surface area contributed by atoms with Crippen LogP contribution in [0.25, 0.3) is 10.2 Å². The standard InChI is InChI=1S/C18H16Cl2N2O3S3/c1-26-8-7-22-15-6-4-12(28(2,24)25)10-16(15)27-18(22)21-17(23)13-5-3-11(19)9-14(13)20/h3-6,9-10H,7-8H2,1-2H3. The van der Waals surface area contributed by atoms with Crippen LogP contribution in [0.15, 0.2) is 46.3 Å². The van der Waals surface area contributed by atoms with E-state index in [4.69, 9.17) is 23.2 Å². The average molecular weight is 475 g/mol. The van der Waals surface area contributed by atoms with Crippen molar-refractivity contribution in [2.45, 2.75) is 11.4 Å². The molecule has 10 heteroatoms. The number of nitrogens with zero attached hydrogens (tertiary/aromatic N) is 2. The van der Waals surface area contributed by atoms with E-state index in [0.717, 1.165) is 16.0 Å². The maximum absolute atomic E-state index is 12.7. The first-order valence-corrected chi connectivity index (χ1v) is 12.9. The second-order valence-electron chi connectivity index (χ2n) is 5.97. The highest BCUT2D eigenvalue weighted by Crippen LogP contribution is 2.24. The summed E-state index contributed by atoms with van der Waals surface area (Å²) in [7, 11) is -3.32. The maximum Gasteiger partial charge on any atom is 0.281 e. The van der Waals surface area contributed by atoms with Gasteiger partial charge in [-0.15, -0.1) is 0 Å². The molecule has 28 heavy (non-hydrogen) atoms. The van der Waals surface area contributed by atoms with Gasteiger partial charge in [-0.05, 0) is 42.7 Å². The molecule has 0 radical (unpaired) electrons. The fourth-order valence-corrected chi connectivity index (χ4v) is 5.25. The van der Waals surface area contributed by atoms with Crippen LogP contribution in [-0.2, 0) is 16.4 Å². The van der Waals surface area contributed by atoms with Crippen LogP contribution in [-0.4, -0.2) is 37.2 Å². The smallest absolute Gasteiger partial charge is 0.281 e. The summed E-state index contributed by atoms with van der Waals surface area (Å²) in [5.41, 5.74) is 1.09. The summed E-state index contributed by atoms with van der Waals surface area (Å²) in [5, 5.41) is 0.670. The van der Waals surface area contributed by atoms with Gasteiger partial charge in [0.25, 0.3) is 5.91 Å². The zero-order chi connectivity index (χ0) is 20.5. The number of rotatable bonds is 5. The molecular formula is C18H16Cl2N2O3S3. The lowest BCUT2D eigenvalue weighted by molar-refractivity contribution is 0.0998. The number of amides is 1. The zero-order valence-electron chi connectivity index (χ0n) is 15.0. The molecule has 1 aromatic heterocycles. The average Bonchev–Trinajstić information content (AvgIpc) is 2.95. The van der Waals surface area contributed by atoms with E-state index in [0.29, 0.717) is 16.4 Å². The van der Waals surface area contributed by atoms with Crippen molar-refractivity contribution in [1.29, 1.82) is 0 Å². The minimum atomic E-state index is -3.32. The molecule has 148 valence electrons. The van der Waals surface area contributed by atoms with E-state index in [2.05, 4.69) is 4.99 Å². The molecule has 0 aliphatic heterocycles. The summed E-state index contributed by atoms with van der Waals surface area (Å²) >= 11 is 15.0. The summed E-state index contributed by atoms with van der Waals surface area (Å²) in [6.07, 6.45) is 3.16. The van der Waals surface area contributed by atoms with Crippen molar-refractivity contribution in [1.82, 2.24) is 4.57 Å². The Labute approximate surface area is 180 Å². The molecule has 3 rings (SSSR count). The third kappa shape index (κ3) is 4.63.